The Morgan fingerprint density at radius 3 is 2.15 bits per heavy atom. The first-order chi connectivity index (χ1) is 19.0. The molecule has 11 nitrogen and oxygen atoms in total. The van der Waals surface area contributed by atoms with Gasteiger partial charge >= 0.3 is 5.97 Å². The fraction of sp³-hybridized carbons (Fsp3) is 0.357. The second-order valence-electron chi connectivity index (χ2n) is 9.91. The van der Waals surface area contributed by atoms with Crippen molar-refractivity contribution in [3.8, 4) is 5.75 Å². The third-order valence-electron chi connectivity index (χ3n) is 6.51. The number of phenols is 1. The minimum atomic E-state index is -1.19. The van der Waals surface area contributed by atoms with Crippen LogP contribution in [0.25, 0.3) is 10.9 Å². The summed E-state index contributed by atoms with van der Waals surface area (Å²) in [6.07, 6.45) is 1.97. The first-order valence-electron chi connectivity index (χ1n) is 12.8. The van der Waals surface area contributed by atoms with Crippen LogP contribution in [0.4, 0.5) is 0 Å². The van der Waals surface area contributed by atoms with Crippen molar-refractivity contribution in [3.63, 3.8) is 0 Å². The zero-order valence-electron chi connectivity index (χ0n) is 22.3. The number of amides is 3. The van der Waals surface area contributed by atoms with E-state index in [9.17, 15) is 29.4 Å². The standard InChI is InChI=1S/C28H35N5O6S/c1-15(2)24(28(38)39)33-26(36)22(12-17-13-30-21-6-4-3-5-19(17)21)31-27(37)23(14-40)32-25(35)20(29)11-16-7-9-18(34)10-8-16/h3-10,13,15,20,22-24,30,34,40H,11-12,14,29H2,1-2H3,(H,31,37)(H,32,35)(H,33,36)(H,38,39). The van der Waals surface area contributed by atoms with Gasteiger partial charge in [-0.3, -0.25) is 14.4 Å². The molecule has 40 heavy (non-hydrogen) atoms. The van der Waals surface area contributed by atoms with Gasteiger partial charge in [0.05, 0.1) is 6.04 Å². The van der Waals surface area contributed by atoms with Crippen LogP contribution in [0.2, 0.25) is 0 Å². The molecule has 0 saturated heterocycles. The highest BCUT2D eigenvalue weighted by atomic mass is 32.1. The number of aromatic hydroxyl groups is 1. The lowest BCUT2D eigenvalue weighted by molar-refractivity contribution is -0.143. The smallest absolute Gasteiger partial charge is 0.326 e. The monoisotopic (exact) mass is 569 g/mol. The zero-order valence-corrected chi connectivity index (χ0v) is 23.2. The Morgan fingerprint density at radius 2 is 1.52 bits per heavy atom. The Balaban J connectivity index is 1.75. The summed E-state index contributed by atoms with van der Waals surface area (Å²) in [5.41, 5.74) is 8.35. The summed E-state index contributed by atoms with van der Waals surface area (Å²) < 4.78 is 0. The molecule has 0 radical (unpaired) electrons. The summed E-state index contributed by atoms with van der Waals surface area (Å²) in [7, 11) is 0. The average molecular weight is 570 g/mol. The third kappa shape index (κ3) is 7.99. The van der Waals surface area contributed by atoms with Crippen LogP contribution >= 0.6 is 12.6 Å². The topological polar surface area (TPSA) is 187 Å². The maximum atomic E-state index is 13.3. The number of rotatable bonds is 13. The number of hydrogen-bond donors (Lipinski definition) is 8. The van der Waals surface area contributed by atoms with Crippen LogP contribution in [0.5, 0.6) is 5.75 Å². The van der Waals surface area contributed by atoms with Crippen molar-refractivity contribution in [1.82, 2.24) is 20.9 Å². The number of aromatic amines is 1. The molecule has 2 aromatic carbocycles. The van der Waals surface area contributed by atoms with E-state index in [-0.39, 0.29) is 24.3 Å². The van der Waals surface area contributed by atoms with E-state index < -0.39 is 53.8 Å². The van der Waals surface area contributed by atoms with E-state index in [2.05, 4.69) is 33.6 Å². The minimum absolute atomic E-state index is 0.0691. The van der Waals surface area contributed by atoms with Gasteiger partial charge in [0.25, 0.3) is 0 Å². The zero-order chi connectivity index (χ0) is 29.4. The van der Waals surface area contributed by atoms with Crippen molar-refractivity contribution < 1.29 is 29.4 Å². The highest BCUT2D eigenvalue weighted by Crippen LogP contribution is 2.19. The van der Waals surface area contributed by atoms with Crippen molar-refractivity contribution in [2.45, 2.75) is 50.9 Å². The number of nitrogens with one attached hydrogen (secondary N) is 4. The number of carboxylic acid groups (broad SMARTS) is 1. The van der Waals surface area contributed by atoms with Gasteiger partial charge in [0.1, 0.15) is 23.9 Å². The number of H-pyrrole nitrogens is 1. The molecule has 0 fully saturated rings. The molecule has 0 aliphatic carbocycles. The van der Waals surface area contributed by atoms with Crippen molar-refractivity contribution in [2.75, 3.05) is 5.75 Å². The average Bonchev–Trinajstić information content (AvgIpc) is 3.33. The van der Waals surface area contributed by atoms with Gasteiger partial charge in [-0.25, -0.2) is 4.79 Å². The summed E-state index contributed by atoms with van der Waals surface area (Å²) in [5, 5.41) is 27.6. The number of aliphatic carboxylic acids is 1. The number of hydrogen-bond acceptors (Lipinski definition) is 7. The van der Waals surface area contributed by atoms with Crippen molar-refractivity contribution in [3.05, 3.63) is 65.9 Å². The van der Waals surface area contributed by atoms with Gasteiger partial charge in [-0.2, -0.15) is 12.6 Å². The quantitative estimate of drug-likeness (QED) is 0.142. The van der Waals surface area contributed by atoms with E-state index in [1.54, 1.807) is 32.2 Å². The highest BCUT2D eigenvalue weighted by molar-refractivity contribution is 7.80. The maximum absolute atomic E-state index is 13.3. The molecule has 0 aliphatic heterocycles. The molecule has 0 saturated carbocycles. The van der Waals surface area contributed by atoms with Gasteiger partial charge < -0.3 is 36.9 Å². The number of aromatic nitrogens is 1. The van der Waals surface area contributed by atoms with Gasteiger partial charge in [0, 0.05) is 29.3 Å². The Morgan fingerprint density at radius 1 is 0.900 bits per heavy atom. The van der Waals surface area contributed by atoms with Crippen LogP contribution in [0.3, 0.4) is 0 Å². The molecular formula is C28H35N5O6S. The summed E-state index contributed by atoms with van der Waals surface area (Å²) in [6, 6.07) is 9.31. The highest BCUT2D eigenvalue weighted by Gasteiger charge is 2.31. The number of nitrogens with two attached hydrogens (primary N) is 1. The number of phenolic OH excluding ortho intramolecular Hbond substituents is 1. The van der Waals surface area contributed by atoms with E-state index in [1.165, 1.54) is 12.1 Å². The molecule has 1 aromatic heterocycles. The van der Waals surface area contributed by atoms with Gasteiger partial charge in [0.2, 0.25) is 17.7 Å². The number of fused-ring (bicyclic) bond motifs is 1. The van der Waals surface area contributed by atoms with Gasteiger partial charge in [-0.1, -0.05) is 44.2 Å². The van der Waals surface area contributed by atoms with Crippen LogP contribution in [0.1, 0.15) is 25.0 Å². The second-order valence-corrected chi connectivity index (χ2v) is 10.3. The van der Waals surface area contributed by atoms with E-state index >= 15 is 0 Å². The SMILES string of the molecule is CC(C)C(NC(=O)C(Cc1c[nH]c2ccccc12)NC(=O)C(CS)NC(=O)C(N)Cc1ccc(O)cc1)C(=O)O. The molecule has 0 aliphatic rings. The summed E-state index contributed by atoms with van der Waals surface area (Å²) in [6.45, 7) is 3.33. The summed E-state index contributed by atoms with van der Waals surface area (Å²) in [5.74, 6) is -3.51. The Bertz CT molecular complexity index is 1340. The molecule has 8 N–H and O–H groups in total. The van der Waals surface area contributed by atoms with Crippen molar-refractivity contribution in [2.24, 2.45) is 11.7 Å². The fourth-order valence-electron chi connectivity index (χ4n) is 4.22. The van der Waals surface area contributed by atoms with E-state index in [4.69, 9.17) is 5.73 Å². The van der Waals surface area contributed by atoms with Crippen LogP contribution in [-0.2, 0) is 32.0 Å². The fourth-order valence-corrected chi connectivity index (χ4v) is 4.48. The molecule has 12 heteroatoms. The number of carbonyl (C=O) groups excluding carboxylic acids is 3. The van der Waals surface area contributed by atoms with Crippen LogP contribution < -0.4 is 21.7 Å². The molecule has 4 unspecified atom stereocenters. The van der Waals surface area contributed by atoms with Crippen molar-refractivity contribution >= 4 is 47.2 Å². The number of carboxylic acids is 1. The Kier molecular flexibility index (Phi) is 10.6. The molecule has 1 heterocycles. The number of carbonyl (C=O) groups is 4. The molecule has 0 spiro atoms. The lowest BCUT2D eigenvalue weighted by Crippen LogP contribution is -2.58. The molecule has 3 rings (SSSR count). The second kappa shape index (κ2) is 13.9. The summed E-state index contributed by atoms with van der Waals surface area (Å²) >= 11 is 4.20. The van der Waals surface area contributed by atoms with Crippen LogP contribution in [-0.4, -0.2) is 68.8 Å². The first-order valence-corrected chi connectivity index (χ1v) is 13.5. The largest absolute Gasteiger partial charge is 0.508 e. The molecule has 3 amide bonds. The van der Waals surface area contributed by atoms with E-state index in [0.29, 0.717) is 0 Å². The number of para-hydroxylation sites is 1. The van der Waals surface area contributed by atoms with Crippen LogP contribution in [0.15, 0.2) is 54.7 Å². The van der Waals surface area contributed by atoms with Crippen LogP contribution in [0, 0.1) is 5.92 Å². The molecule has 4 atom stereocenters. The number of thiol groups is 1. The van der Waals surface area contributed by atoms with Gasteiger partial charge in [-0.05, 0) is 41.7 Å². The van der Waals surface area contributed by atoms with E-state index in [0.717, 1.165) is 22.0 Å². The van der Waals surface area contributed by atoms with Gasteiger partial charge in [-0.15, -0.1) is 0 Å². The predicted octanol–water partition coefficient (Wildman–Crippen LogP) is 1.11. The molecule has 214 valence electrons. The molecule has 0 bridgehead atoms. The molecular weight excluding hydrogens is 534 g/mol. The Hall–Kier alpha value is -4.03. The first kappa shape index (κ1) is 30.5. The molecule has 3 aromatic rings. The minimum Gasteiger partial charge on any atom is -0.508 e. The van der Waals surface area contributed by atoms with Crippen molar-refractivity contribution in [1.29, 1.82) is 0 Å². The third-order valence-corrected chi connectivity index (χ3v) is 6.87. The maximum Gasteiger partial charge on any atom is 0.326 e. The lowest BCUT2D eigenvalue weighted by Gasteiger charge is -2.25. The number of benzene rings is 2. The van der Waals surface area contributed by atoms with Gasteiger partial charge in [0.15, 0.2) is 0 Å². The predicted molar refractivity (Wildman–Crippen MR) is 154 cm³/mol. The lowest BCUT2D eigenvalue weighted by atomic mass is 10.0. The normalized spacial score (nSPS) is 14.2. The Labute approximate surface area is 237 Å². The van der Waals surface area contributed by atoms with E-state index in [1.807, 2.05) is 24.3 Å². The summed E-state index contributed by atoms with van der Waals surface area (Å²) in [4.78, 5) is 54.1.